The van der Waals surface area contributed by atoms with E-state index in [1.54, 1.807) is 38.1 Å². The van der Waals surface area contributed by atoms with Crippen LogP contribution in [0.5, 0.6) is 5.75 Å². The minimum atomic E-state index is -4.48. The highest BCUT2D eigenvalue weighted by Gasteiger charge is 2.66. The molecule has 0 bridgehead atoms. The molecule has 1 aromatic rings. The van der Waals surface area contributed by atoms with Gasteiger partial charge in [-0.3, -0.25) is 14.2 Å². The molecule has 3 rings (SSSR count). The second-order valence-electron chi connectivity index (χ2n) is 6.47. The number of nitrogens with one attached hydrogen (secondary N) is 1. The topological polar surface area (TPSA) is 116 Å². The summed E-state index contributed by atoms with van der Waals surface area (Å²) in [4.78, 5) is 44.7. The summed E-state index contributed by atoms with van der Waals surface area (Å²) < 4.78 is 16.3. The van der Waals surface area contributed by atoms with Crippen molar-refractivity contribution in [2.24, 2.45) is 0 Å². The third-order valence-electron chi connectivity index (χ3n) is 4.14. The molecule has 3 atom stereocenters. The van der Waals surface area contributed by atoms with Crippen LogP contribution < -0.4 is 10.1 Å². The van der Waals surface area contributed by atoms with E-state index in [-0.39, 0.29) is 6.61 Å². The molecule has 0 aromatic heterocycles. The van der Waals surface area contributed by atoms with Crippen LogP contribution in [0.3, 0.4) is 0 Å². The van der Waals surface area contributed by atoms with E-state index in [4.69, 9.17) is 4.74 Å². The van der Waals surface area contributed by atoms with Gasteiger partial charge in [0.05, 0.1) is 0 Å². The number of para-hydroxylation sites is 1. The van der Waals surface area contributed by atoms with E-state index in [1.807, 2.05) is 6.07 Å². The molecule has 0 spiro atoms. The molecule has 2 heterocycles. The van der Waals surface area contributed by atoms with E-state index in [1.165, 1.54) is 16.7 Å². The first-order valence-electron chi connectivity index (χ1n) is 7.64. The minimum absolute atomic E-state index is 0.240. The van der Waals surface area contributed by atoms with Gasteiger partial charge in [0, 0.05) is 4.75 Å². The Balaban J connectivity index is 1.62. The van der Waals surface area contributed by atoms with Gasteiger partial charge in [-0.2, -0.15) is 0 Å². The summed E-state index contributed by atoms with van der Waals surface area (Å²) in [6.45, 7) is 3.13. The summed E-state index contributed by atoms with van der Waals surface area (Å²) >= 11 is 1.28. The standard InChI is InChI=1S/C15H19N2O6PS/c1-15(2)14(24(20,21)22)17-12(19)11(13(17)25-15)16-10(18)8-23-9-6-4-3-5-7-9/h3-7,11,13-14H,8H2,1-2H3,(H,16,18)(H2,20,21,22)/t11?,13-,14?/m0/s1. The molecule has 0 saturated carbocycles. The quantitative estimate of drug-likeness (QED) is 0.505. The molecule has 2 saturated heterocycles. The van der Waals surface area contributed by atoms with Crippen LogP contribution in [-0.4, -0.2) is 55.1 Å². The second-order valence-corrected chi connectivity index (χ2v) is 9.91. The van der Waals surface area contributed by atoms with Crippen molar-refractivity contribution in [3.63, 3.8) is 0 Å². The molecule has 2 fully saturated rings. The minimum Gasteiger partial charge on any atom is -0.484 e. The van der Waals surface area contributed by atoms with Crippen molar-refractivity contribution >= 4 is 31.2 Å². The van der Waals surface area contributed by atoms with E-state index in [0.717, 1.165) is 0 Å². The van der Waals surface area contributed by atoms with Crippen molar-refractivity contribution in [3.05, 3.63) is 30.3 Å². The molecule has 3 N–H and O–H groups in total. The zero-order chi connectivity index (χ0) is 18.4. The zero-order valence-corrected chi connectivity index (χ0v) is 15.4. The van der Waals surface area contributed by atoms with Crippen molar-refractivity contribution in [1.29, 1.82) is 0 Å². The summed E-state index contributed by atoms with van der Waals surface area (Å²) in [6.07, 6.45) is 0. The van der Waals surface area contributed by atoms with E-state index >= 15 is 0 Å². The molecule has 0 aliphatic carbocycles. The van der Waals surface area contributed by atoms with Crippen molar-refractivity contribution in [1.82, 2.24) is 10.2 Å². The Kier molecular flexibility index (Phi) is 4.61. The Morgan fingerprint density at radius 3 is 2.60 bits per heavy atom. The maximum absolute atomic E-state index is 12.3. The number of hydrogen-bond donors (Lipinski definition) is 3. The lowest BCUT2D eigenvalue weighted by Gasteiger charge is -2.44. The molecule has 0 radical (unpaired) electrons. The summed E-state index contributed by atoms with van der Waals surface area (Å²) in [7, 11) is -4.48. The molecule has 1 aromatic carbocycles. The lowest BCUT2D eigenvalue weighted by molar-refractivity contribution is -0.149. The van der Waals surface area contributed by atoms with Crippen molar-refractivity contribution in [2.75, 3.05) is 6.61 Å². The summed E-state index contributed by atoms with van der Waals surface area (Å²) in [5, 5.41) is 2.10. The largest absolute Gasteiger partial charge is 0.484 e. The number of rotatable bonds is 5. The molecular formula is C15H19N2O6PS. The number of thioether (sulfide) groups is 1. The number of ether oxygens (including phenoxy) is 1. The molecule has 2 unspecified atom stereocenters. The number of benzene rings is 1. The molecule has 2 amide bonds. The van der Waals surface area contributed by atoms with E-state index in [9.17, 15) is 23.9 Å². The Morgan fingerprint density at radius 1 is 1.36 bits per heavy atom. The number of carbonyl (C=O) groups is 2. The van der Waals surface area contributed by atoms with Gasteiger partial charge < -0.3 is 24.7 Å². The number of carbonyl (C=O) groups excluding carboxylic acids is 2. The van der Waals surface area contributed by atoms with Gasteiger partial charge in [0.1, 0.15) is 22.9 Å². The molecule has 136 valence electrons. The summed E-state index contributed by atoms with van der Waals surface area (Å²) in [5.74, 6) is -1.59. The average Bonchev–Trinajstić information content (AvgIpc) is 2.80. The molecule has 8 nitrogen and oxygen atoms in total. The van der Waals surface area contributed by atoms with Gasteiger partial charge in [0.25, 0.3) is 5.91 Å². The third kappa shape index (κ3) is 3.42. The maximum Gasteiger partial charge on any atom is 0.349 e. The Morgan fingerprint density at radius 2 is 2.00 bits per heavy atom. The van der Waals surface area contributed by atoms with Crippen LogP contribution in [-0.2, 0) is 14.2 Å². The van der Waals surface area contributed by atoms with Crippen LogP contribution in [0.15, 0.2) is 30.3 Å². The van der Waals surface area contributed by atoms with Crippen LogP contribution in [0, 0.1) is 0 Å². The number of amides is 2. The smallest absolute Gasteiger partial charge is 0.349 e. The van der Waals surface area contributed by atoms with Crippen molar-refractivity contribution < 1.29 is 28.7 Å². The summed E-state index contributed by atoms with van der Waals surface area (Å²) in [5.41, 5.74) is 0. The molecule has 25 heavy (non-hydrogen) atoms. The van der Waals surface area contributed by atoms with E-state index < -0.39 is 41.4 Å². The fourth-order valence-electron chi connectivity index (χ4n) is 3.16. The molecule has 10 heteroatoms. The predicted molar refractivity (Wildman–Crippen MR) is 92.0 cm³/mol. The second kappa shape index (κ2) is 6.32. The monoisotopic (exact) mass is 386 g/mol. The first-order chi connectivity index (χ1) is 11.6. The van der Waals surface area contributed by atoms with E-state index in [2.05, 4.69) is 5.32 Å². The van der Waals surface area contributed by atoms with Crippen molar-refractivity contribution in [3.8, 4) is 5.75 Å². The third-order valence-corrected chi connectivity index (χ3v) is 7.42. The SMILES string of the molecule is CC1(C)S[C@H]2C(NC(=O)COc3ccccc3)C(=O)N2C1P(=O)(O)O. The zero-order valence-electron chi connectivity index (χ0n) is 13.7. The normalized spacial score (nSPS) is 27.4. The van der Waals surface area contributed by atoms with Gasteiger partial charge in [0.2, 0.25) is 5.91 Å². The highest BCUT2D eigenvalue weighted by Crippen LogP contribution is 2.62. The van der Waals surface area contributed by atoms with Crippen LogP contribution in [0.4, 0.5) is 0 Å². The van der Waals surface area contributed by atoms with Gasteiger partial charge in [-0.15, -0.1) is 11.8 Å². The van der Waals surface area contributed by atoms with Crippen LogP contribution in [0.25, 0.3) is 0 Å². The van der Waals surface area contributed by atoms with Gasteiger partial charge in [-0.1, -0.05) is 18.2 Å². The first kappa shape index (κ1) is 18.3. The first-order valence-corrected chi connectivity index (χ1v) is 10.2. The molecular weight excluding hydrogens is 367 g/mol. The maximum atomic E-state index is 12.3. The number of fused-ring (bicyclic) bond motifs is 1. The lowest BCUT2D eigenvalue weighted by atomic mass is 10.0. The van der Waals surface area contributed by atoms with Gasteiger partial charge in [-0.25, -0.2) is 0 Å². The average molecular weight is 386 g/mol. The Labute approximate surface area is 149 Å². The van der Waals surface area contributed by atoms with Gasteiger partial charge >= 0.3 is 7.60 Å². The van der Waals surface area contributed by atoms with Gasteiger partial charge in [0.15, 0.2) is 6.61 Å². The highest BCUT2D eigenvalue weighted by molar-refractivity contribution is 8.02. The van der Waals surface area contributed by atoms with Crippen molar-refractivity contribution in [2.45, 2.75) is 35.8 Å². The summed E-state index contributed by atoms with van der Waals surface area (Å²) in [6, 6.07) is 8.01. The fraction of sp³-hybridized carbons (Fsp3) is 0.467. The Bertz CT molecular complexity index is 737. The van der Waals surface area contributed by atoms with Crippen LogP contribution >= 0.6 is 19.4 Å². The van der Waals surface area contributed by atoms with E-state index in [0.29, 0.717) is 5.75 Å². The van der Waals surface area contributed by atoms with Crippen LogP contribution in [0.1, 0.15) is 13.8 Å². The van der Waals surface area contributed by atoms with Crippen LogP contribution in [0.2, 0.25) is 0 Å². The molecule has 2 aliphatic rings. The lowest BCUT2D eigenvalue weighted by Crippen LogP contribution is -2.69. The number of β-lactam (4-membered cyclic amide) rings is 1. The highest BCUT2D eigenvalue weighted by atomic mass is 32.2. The number of hydrogen-bond acceptors (Lipinski definition) is 5. The fourth-order valence-corrected chi connectivity index (χ4v) is 6.75. The van der Waals surface area contributed by atoms with Gasteiger partial charge in [-0.05, 0) is 26.0 Å². The predicted octanol–water partition coefficient (Wildman–Crippen LogP) is 0.748. The Hall–Kier alpha value is -1.54. The molecule has 2 aliphatic heterocycles. The number of nitrogens with zero attached hydrogens (tertiary/aromatic N) is 1.